The lowest BCUT2D eigenvalue weighted by molar-refractivity contribution is -0.144. The van der Waals surface area contributed by atoms with Gasteiger partial charge in [0.15, 0.2) is 6.23 Å². The summed E-state index contributed by atoms with van der Waals surface area (Å²) in [5.74, 6) is -0.522. The van der Waals surface area contributed by atoms with Crippen molar-refractivity contribution in [2.24, 2.45) is 5.73 Å². The molecule has 0 rings (SSSR count). The van der Waals surface area contributed by atoms with E-state index >= 15 is 0 Å². The van der Waals surface area contributed by atoms with Crippen LogP contribution >= 0.6 is 0 Å². The average molecular weight is 159 g/mol. The quantitative estimate of drug-likeness (QED) is 0.338. The molecule has 11 heavy (non-hydrogen) atoms. The minimum absolute atomic E-state index is 0.0926. The lowest BCUT2D eigenvalue weighted by Crippen LogP contribution is -2.28. The minimum Gasteiger partial charge on any atom is -0.443 e. The van der Waals surface area contributed by atoms with Gasteiger partial charge in [0.25, 0.3) is 0 Å². The Bertz CT molecular complexity index is 156. The maximum absolute atomic E-state index is 10.7. The summed E-state index contributed by atoms with van der Waals surface area (Å²) in [5, 5.41) is 8.39. The van der Waals surface area contributed by atoms with E-state index in [9.17, 15) is 4.79 Å². The summed E-state index contributed by atoms with van der Waals surface area (Å²) >= 11 is 0. The van der Waals surface area contributed by atoms with Gasteiger partial charge in [0.1, 0.15) is 0 Å². The first kappa shape index (κ1) is 10.1. The van der Waals surface area contributed by atoms with Crippen LogP contribution in [-0.4, -0.2) is 23.9 Å². The van der Waals surface area contributed by atoms with Crippen molar-refractivity contribution in [1.82, 2.24) is 0 Å². The van der Waals surface area contributed by atoms with Crippen LogP contribution < -0.4 is 5.73 Å². The van der Waals surface area contributed by atoms with Gasteiger partial charge >= 0.3 is 5.97 Å². The minimum atomic E-state index is -0.732. The molecular weight excluding hydrogens is 146 g/mol. The fraction of sp³-hybridized carbons (Fsp3) is 0.571. The van der Waals surface area contributed by atoms with Crippen molar-refractivity contribution in [1.29, 1.82) is 0 Å². The van der Waals surface area contributed by atoms with Crippen LogP contribution in [0.25, 0.3) is 0 Å². The first-order chi connectivity index (χ1) is 5.07. The highest BCUT2D eigenvalue weighted by Gasteiger charge is 2.08. The van der Waals surface area contributed by atoms with Crippen LogP contribution in [0.3, 0.4) is 0 Å². The fourth-order valence-corrected chi connectivity index (χ4v) is 0.424. The molecule has 0 aromatic carbocycles. The average Bonchev–Trinajstić information content (AvgIpc) is 1.87. The Balaban J connectivity index is 3.66. The Labute approximate surface area is 65.6 Å². The van der Waals surface area contributed by atoms with Gasteiger partial charge in [0, 0.05) is 18.6 Å². The summed E-state index contributed by atoms with van der Waals surface area (Å²) < 4.78 is 4.63. The number of rotatable bonds is 4. The maximum atomic E-state index is 10.7. The van der Waals surface area contributed by atoms with Crippen LogP contribution in [0.4, 0.5) is 0 Å². The highest BCUT2D eigenvalue weighted by molar-refractivity contribution is 5.87. The number of carbonyl (C=O) groups excluding carboxylic acids is 1. The van der Waals surface area contributed by atoms with E-state index in [1.807, 2.05) is 0 Å². The standard InChI is InChI=1S/C7H13NO3/c1-5(2)7(10)11-6(8)3-4-9/h6,9H,1,3-4,8H2,2H3. The van der Waals surface area contributed by atoms with Crippen LogP contribution in [0.2, 0.25) is 0 Å². The third kappa shape index (κ3) is 4.52. The molecule has 0 saturated carbocycles. The Kier molecular flexibility index (Phi) is 4.49. The zero-order valence-corrected chi connectivity index (χ0v) is 6.54. The molecule has 0 radical (unpaired) electrons. The molecule has 4 nitrogen and oxygen atoms in total. The van der Waals surface area contributed by atoms with Gasteiger partial charge in [-0.2, -0.15) is 0 Å². The second-order valence-corrected chi connectivity index (χ2v) is 2.24. The first-order valence-electron chi connectivity index (χ1n) is 3.31. The van der Waals surface area contributed by atoms with Crippen molar-refractivity contribution in [2.45, 2.75) is 19.6 Å². The molecule has 0 saturated heterocycles. The second-order valence-electron chi connectivity index (χ2n) is 2.24. The SMILES string of the molecule is C=C(C)C(=O)OC(N)CCO. The highest BCUT2D eigenvalue weighted by Crippen LogP contribution is 1.96. The zero-order valence-electron chi connectivity index (χ0n) is 6.54. The van der Waals surface area contributed by atoms with Crippen LogP contribution in [-0.2, 0) is 9.53 Å². The Morgan fingerprint density at radius 2 is 2.36 bits per heavy atom. The lowest BCUT2D eigenvalue weighted by Gasteiger charge is -2.10. The zero-order chi connectivity index (χ0) is 8.85. The summed E-state index contributed by atoms with van der Waals surface area (Å²) in [4.78, 5) is 10.7. The number of aliphatic hydroxyl groups is 1. The Morgan fingerprint density at radius 3 is 2.73 bits per heavy atom. The van der Waals surface area contributed by atoms with E-state index in [4.69, 9.17) is 10.8 Å². The molecular formula is C7H13NO3. The van der Waals surface area contributed by atoms with Crippen molar-refractivity contribution in [3.8, 4) is 0 Å². The van der Waals surface area contributed by atoms with Crippen molar-refractivity contribution in [3.63, 3.8) is 0 Å². The molecule has 1 unspecified atom stereocenters. The topological polar surface area (TPSA) is 72.5 Å². The van der Waals surface area contributed by atoms with E-state index in [1.54, 1.807) is 0 Å². The Hall–Kier alpha value is -0.870. The monoisotopic (exact) mass is 159 g/mol. The first-order valence-corrected chi connectivity index (χ1v) is 3.31. The predicted molar refractivity (Wildman–Crippen MR) is 40.6 cm³/mol. The molecule has 64 valence electrons. The van der Waals surface area contributed by atoms with Gasteiger partial charge in [-0.1, -0.05) is 6.58 Å². The van der Waals surface area contributed by atoms with E-state index in [0.29, 0.717) is 5.57 Å². The summed E-state index contributed by atoms with van der Waals surface area (Å²) in [7, 11) is 0. The number of hydrogen-bond acceptors (Lipinski definition) is 4. The van der Waals surface area contributed by atoms with E-state index in [2.05, 4.69) is 11.3 Å². The third-order valence-electron chi connectivity index (χ3n) is 1.02. The summed E-state index contributed by atoms with van der Waals surface area (Å²) in [5.41, 5.74) is 5.58. The molecule has 0 aliphatic heterocycles. The summed E-state index contributed by atoms with van der Waals surface area (Å²) in [6.07, 6.45) is -0.483. The van der Waals surface area contributed by atoms with Crippen molar-refractivity contribution >= 4 is 5.97 Å². The molecule has 0 aromatic heterocycles. The number of ether oxygens (including phenoxy) is 1. The van der Waals surface area contributed by atoms with E-state index in [1.165, 1.54) is 6.92 Å². The molecule has 0 aliphatic carbocycles. The van der Waals surface area contributed by atoms with Crippen molar-refractivity contribution in [2.75, 3.05) is 6.61 Å². The molecule has 0 heterocycles. The van der Waals surface area contributed by atoms with Gasteiger partial charge in [0.05, 0.1) is 0 Å². The van der Waals surface area contributed by atoms with Crippen LogP contribution in [0.5, 0.6) is 0 Å². The van der Waals surface area contributed by atoms with Crippen molar-refractivity contribution < 1.29 is 14.6 Å². The van der Waals surface area contributed by atoms with Gasteiger partial charge in [0.2, 0.25) is 0 Å². The van der Waals surface area contributed by atoms with Crippen molar-refractivity contribution in [3.05, 3.63) is 12.2 Å². The van der Waals surface area contributed by atoms with E-state index in [0.717, 1.165) is 0 Å². The number of aliphatic hydroxyl groups excluding tert-OH is 1. The number of esters is 1. The van der Waals surface area contributed by atoms with Gasteiger partial charge in [-0.05, 0) is 6.92 Å². The molecule has 0 fully saturated rings. The summed E-state index contributed by atoms with van der Waals surface area (Å²) in [6.45, 7) is 4.82. The molecule has 1 atom stereocenters. The smallest absolute Gasteiger partial charge is 0.334 e. The molecule has 0 amide bonds. The molecule has 0 aliphatic rings. The molecule has 0 bridgehead atoms. The second kappa shape index (κ2) is 4.87. The Morgan fingerprint density at radius 1 is 1.82 bits per heavy atom. The summed E-state index contributed by atoms with van der Waals surface area (Å²) in [6, 6.07) is 0. The van der Waals surface area contributed by atoms with Crippen LogP contribution in [0, 0.1) is 0 Å². The molecule has 3 N–H and O–H groups in total. The van der Waals surface area contributed by atoms with Gasteiger partial charge in [-0.15, -0.1) is 0 Å². The fourth-order valence-electron chi connectivity index (χ4n) is 0.424. The predicted octanol–water partition coefficient (Wildman–Crippen LogP) is -0.227. The highest BCUT2D eigenvalue weighted by atomic mass is 16.6. The van der Waals surface area contributed by atoms with Crippen LogP contribution in [0.1, 0.15) is 13.3 Å². The molecule has 0 aromatic rings. The third-order valence-corrected chi connectivity index (χ3v) is 1.02. The number of hydrogen-bond donors (Lipinski definition) is 2. The molecule has 4 heteroatoms. The van der Waals surface area contributed by atoms with Gasteiger partial charge < -0.3 is 9.84 Å². The van der Waals surface area contributed by atoms with Crippen LogP contribution in [0.15, 0.2) is 12.2 Å². The number of nitrogens with two attached hydrogens (primary N) is 1. The van der Waals surface area contributed by atoms with E-state index in [-0.39, 0.29) is 13.0 Å². The van der Waals surface area contributed by atoms with Gasteiger partial charge in [-0.25, -0.2) is 4.79 Å². The van der Waals surface area contributed by atoms with E-state index < -0.39 is 12.2 Å². The lowest BCUT2D eigenvalue weighted by atomic mass is 10.3. The normalized spacial score (nSPS) is 12.3. The molecule has 0 spiro atoms. The largest absolute Gasteiger partial charge is 0.443 e. The number of carbonyl (C=O) groups is 1. The maximum Gasteiger partial charge on any atom is 0.334 e. The van der Waals surface area contributed by atoms with Gasteiger partial charge in [-0.3, -0.25) is 5.73 Å².